The number of benzene rings is 4. The number of hydrogen-bond acceptors (Lipinski definition) is 13. The fourth-order valence-corrected chi connectivity index (χ4v) is 9.71. The van der Waals surface area contributed by atoms with Crippen LogP contribution in [0.2, 0.25) is 0 Å². The summed E-state index contributed by atoms with van der Waals surface area (Å²) in [7, 11) is -11.0. The maximum absolute atomic E-state index is 12.7. The minimum Gasteiger partial charge on any atom is -0.744 e. The Labute approximate surface area is 368 Å². The smallest absolute Gasteiger partial charge is 0.744 e. The van der Waals surface area contributed by atoms with Crippen molar-refractivity contribution in [2.75, 3.05) is 6.54 Å². The fourth-order valence-electron chi connectivity index (χ4n) is 7.76. The molecule has 15 nitrogen and oxygen atoms in total. The molecule has 0 unspecified atom stereocenters. The Kier molecular flexibility index (Phi) is 13.6. The minimum absolute atomic E-state index is 0. The van der Waals surface area contributed by atoms with Gasteiger partial charge in [0, 0.05) is 43.8 Å². The maximum Gasteiger partial charge on any atom is 2.00 e. The number of unbranched alkanes of at least 4 members (excludes halogenated alkanes) is 9. The van der Waals surface area contributed by atoms with E-state index in [1.165, 1.54) is 70.3 Å². The Hall–Kier alpha value is -5.47. The molecule has 2 aliphatic heterocycles. The Morgan fingerprint density at radius 1 is 0.484 bits per heavy atom. The molecular formula is C44H43CoN9O6S2. The van der Waals surface area contributed by atoms with Gasteiger partial charge in [0.25, 0.3) is 0 Å². The molecule has 321 valence electrons. The van der Waals surface area contributed by atoms with E-state index in [1.807, 2.05) is 36.4 Å². The van der Waals surface area contributed by atoms with Gasteiger partial charge in [-0.05, 0) is 25.1 Å². The Morgan fingerprint density at radius 2 is 0.871 bits per heavy atom. The molecule has 0 saturated heterocycles. The van der Waals surface area contributed by atoms with E-state index in [0.29, 0.717) is 39.4 Å². The number of nitrogens with one attached hydrogen (secondary N) is 2. The van der Waals surface area contributed by atoms with E-state index in [0.717, 1.165) is 23.4 Å². The topological polar surface area (TPSA) is 249 Å². The summed E-state index contributed by atoms with van der Waals surface area (Å²) < 4.78 is 74.7. The molecular weight excluding hydrogens is 874 g/mol. The molecule has 3 aromatic heterocycles. The van der Waals surface area contributed by atoms with Gasteiger partial charge in [0.2, 0.25) is 0 Å². The van der Waals surface area contributed by atoms with Gasteiger partial charge in [-0.1, -0.05) is 138 Å². The average molecular weight is 917 g/mol. The molecule has 9 rings (SSSR count). The Balaban J connectivity index is 0.000000361. The van der Waals surface area contributed by atoms with Crippen LogP contribution in [0.4, 0.5) is 0 Å². The fraction of sp³-hybridized carbons (Fsp3) is 0.273. The number of hydrogen-bond donors (Lipinski definition) is 3. The van der Waals surface area contributed by atoms with Gasteiger partial charge in [-0.3, -0.25) is 0 Å². The van der Waals surface area contributed by atoms with Crippen molar-refractivity contribution in [3.63, 3.8) is 0 Å². The zero-order valence-electron chi connectivity index (χ0n) is 33.7. The molecule has 0 atom stereocenters. The number of H-pyrrole nitrogens is 2. The predicted molar refractivity (Wildman–Crippen MR) is 233 cm³/mol. The van der Waals surface area contributed by atoms with Crippen LogP contribution in [-0.4, -0.2) is 72.4 Å². The number of aromatic nitrogens is 8. The van der Waals surface area contributed by atoms with Crippen LogP contribution in [-0.2, 0) is 37.0 Å². The maximum atomic E-state index is 12.7. The molecule has 7 aromatic rings. The molecule has 18 heteroatoms. The molecule has 62 heavy (non-hydrogen) atoms. The Morgan fingerprint density at radius 3 is 1.29 bits per heavy atom. The first-order valence-corrected chi connectivity index (χ1v) is 23.2. The van der Waals surface area contributed by atoms with E-state index in [4.69, 9.17) is 25.7 Å². The summed E-state index contributed by atoms with van der Waals surface area (Å²) in [5.74, 6) is 0.876. The molecule has 8 bridgehead atoms. The van der Waals surface area contributed by atoms with E-state index >= 15 is 0 Å². The van der Waals surface area contributed by atoms with Crippen molar-refractivity contribution in [2.45, 2.75) is 80.9 Å². The molecule has 4 aromatic carbocycles. The van der Waals surface area contributed by atoms with Gasteiger partial charge in [0.15, 0.2) is 23.3 Å². The number of nitrogens with two attached hydrogens (primary N) is 1. The molecule has 0 fully saturated rings. The van der Waals surface area contributed by atoms with Crippen LogP contribution in [0.1, 0.15) is 71.1 Å². The standard InChI is InChI=1S/C32H18N8O6S2.C12H27N.Co/c41-47(42,43)22-14-13-21-23(24(22)48(44,45)46)32-39-30-20-12-6-5-11-19(20)28(37-30)35-26-16-8-2-1-7-15(16)25(33-26)34-27-17-9-3-4-10-18(17)29(36-27)38-31(21)40-32;1-2-3-4-5-6-7-8-9-10-11-12-13;/h1-14H,(H,41,42,43)(H,44,45,46)(H2,33,34,35,36,37,38,39,40);2-13H2,1H3;/q;;+2/p-2. The first kappa shape index (κ1) is 44.6. The van der Waals surface area contributed by atoms with Gasteiger partial charge < -0.3 is 24.8 Å². The van der Waals surface area contributed by atoms with E-state index < -0.39 is 35.4 Å². The van der Waals surface area contributed by atoms with Crippen LogP contribution in [0.3, 0.4) is 0 Å². The van der Waals surface area contributed by atoms with Crippen molar-refractivity contribution < 1.29 is 42.7 Å². The van der Waals surface area contributed by atoms with Crippen LogP contribution >= 0.6 is 0 Å². The van der Waals surface area contributed by atoms with Gasteiger partial charge in [-0.2, -0.15) is 0 Å². The van der Waals surface area contributed by atoms with Crippen molar-refractivity contribution in [2.24, 2.45) is 5.73 Å². The molecule has 2 aliphatic rings. The van der Waals surface area contributed by atoms with Gasteiger partial charge in [-0.15, -0.1) is 0 Å². The van der Waals surface area contributed by atoms with Crippen molar-refractivity contribution in [1.82, 2.24) is 39.9 Å². The second-order valence-electron chi connectivity index (χ2n) is 14.9. The van der Waals surface area contributed by atoms with Gasteiger partial charge in [0.1, 0.15) is 42.8 Å². The van der Waals surface area contributed by atoms with E-state index in [2.05, 4.69) is 26.9 Å². The molecule has 0 spiro atoms. The molecule has 0 aliphatic carbocycles. The third kappa shape index (κ3) is 9.17. The second-order valence-corrected chi connectivity index (χ2v) is 17.6. The predicted octanol–water partition coefficient (Wildman–Crippen LogP) is 8.54. The molecule has 1 radical (unpaired) electrons. The second kappa shape index (κ2) is 18.9. The van der Waals surface area contributed by atoms with Crippen molar-refractivity contribution in [1.29, 1.82) is 0 Å². The number of rotatable bonds is 12. The van der Waals surface area contributed by atoms with Crippen LogP contribution in [0.25, 0.3) is 89.7 Å². The molecule has 0 saturated carbocycles. The zero-order chi connectivity index (χ0) is 42.7. The van der Waals surface area contributed by atoms with Crippen LogP contribution in [0.5, 0.6) is 0 Å². The first-order valence-electron chi connectivity index (χ1n) is 20.3. The SMILES string of the molecule is CCCCCCCCCCCCN.O=S(=O)([O-])c1ccc2c3nc4nc(nc5[nH]c(nc6nc(nc([nH]3)c2c1S(=O)(=O)[O-])-c1ccccc1-6)c1ccccc51)-c1ccccc1-4.[Co+2]. The van der Waals surface area contributed by atoms with Gasteiger partial charge >= 0.3 is 16.8 Å². The van der Waals surface area contributed by atoms with E-state index in [1.54, 1.807) is 36.4 Å². The molecule has 5 heterocycles. The van der Waals surface area contributed by atoms with E-state index in [-0.39, 0.29) is 50.9 Å². The summed E-state index contributed by atoms with van der Waals surface area (Å²) in [6.45, 7) is 3.14. The van der Waals surface area contributed by atoms with Crippen LogP contribution in [0.15, 0.2) is 94.7 Å². The molecule has 0 amide bonds. The van der Waals surface area contributed by atoms with Crippen LogP contribution in [0, 0.1) is 0 Å². The van der Waals surface area contributed by atoms with Crippen LogP contribution < -0.4 is 5.73 Å². The minimum atomic E-state index is -5.56. The summed E-state index contributed by atoms with van der Waals surface area (Å²) in [6.07, 6.45) is 13.9. The number of fused-ring (bicyclic) bond motifs is 20. The summed E-state index contributed by atoms with van der Waals surface area (Å²) >= 11 is 0. The quantitative estimate of drug-likeness (QED) is 0.0768. The zero-order valence-corrected chi connectivity index (χ0v) is 36.4. The van der Waals surface area contributed by atoms with E-state index in [9.17, 15) is 25.9 Å². The monoisotopic (exact) mass is 916 g/mol. The van der Waals surface area contributed by atoms with Crippen molar-refractivity contribution in [3.05, 3.63) is 84.9 Å². The van der Waals surface area contributed by atoms with Gasteiger partial charge in [-0.25, -0.2) is 46.7 Å². The summed E-state index contributed by atoms with van der Waals surface area (Å²) in [5.41, 5.74) is 8.51. The average Bonchev–Trinajstić information content (AvgIpc) is 3.98. The third-order valence-corrected chi connectivity index (χ3v) is 12.6. The summed E-state index contributed by atoms with van der Waals surface area (Å²) in [6, 6.07) is 23.8. The number of aromatic amines is 2. The largest absolute Gasteiger partial charge is 2.00 e. The van der Waals surface area contributed by atoms with Crippen molar-refractivity contribution >= 4 is 64.4 Å². The Bertz CT molecular complexity index is 3180. The third-order valence-electron chi connectivity index (χ3n) is 10.7. The summed E-state index contributed by atoms with van der Waals surface area (Å²) in [5, 5.41) is 1.13. The van der Waals surface area contributed by atoms with Crippen molar-refractivity contribution in [3.8, 4) is 45.6 Å². The van der Waals surface area contributed by atoms with Gasteiger partial charge in [0.05, 0.1) is 9.79 Å². The normalized spacial score (nSPS) is 12.1. The number of nitrogens with zero attached hydrogens (tertiary/aromatic N) is 6. The molecule has 4 N–H and O–H groups in total. The summed E-state index contributed by atoms with van der Waals surface area (Å²) in [4.78, 5) is 32.2. The first-order chi connectivity index (χ1) is 29.5.